The molecule has 0 aliphatic rings. The summed E-state index contributed by atoms with van der Waals surface area (Å²) in [7, 11) is 1.40. The van der Waals surface area contributed by atoms with Gasteiger partial charge in [0, 0.05) is 29.2 Å². The maximum absolute atomic E-state index is 12.5. The van der Waals surface area contributed by atoms with Gasteiger partial charge in [-0.25, -0.2) is 9.97 Å². The van der Waals surface area contributed by atoms with Gasteiger partial charge >= 0.3 is 0 Å². The molecular formula is C18H14N6O3. The minimum atomic E-state index is -0.500. The number of amides is 1. The molecule has 0 radical (unpaired) electrons. The second-order valence-corrected chi connectivity index (χ2v) is 5.38. The lowest BCUT2D eigenvalue weighted by molar-refractivity contribution is 0.102. The number of rotatable bonds is 5. The largest absolute Gasteiger partial charge is 0.495 e. The standard InChI is InChI=1S/C18H14N6O3/c1-26-15-5-14(23-7-10(15)6-19)18(25)24-11-2-3-13(20)12(4-11)17(21)16-8-22-9-27-16/h2-5,7-9,21H,20H2,1H3,(H,24,25). The molecule has 0 bridgehead atoms. The molecule has 3 aromatic rings. The summed E-state index contributed by atoms with van der Waals surface area (Å²) in [5.74, 6) is 0.00567. The van der Waals surface area contributed by atoms with E-state index in [-0.39, 0.29) is 28.5 Å². The summed E-state index contributed by atoms with van der Waals surface area (Å²) < 4.78 is 10.2. The predicted molar refractivity (Wildman–Crippen MR) is 96.7 cm³/mol. The van der Waals surface area contributed by atoms with Crippen LogP contribution >= 0.6 is 0 Å². The Morgan fingerprint density at radius 3 is 2.85 bits per heavy atom. The van der Waals surface area contributed by atoms with Gasteiger partial charge in [-0.3, -0.25) is 10.2 Å². The van der Waals surface area contributed by atoms with E-state index < -0.39 is 5.91 Å². The molecule has 0 unspecified atom stereocenters. The third kappa shape index (κ3) is 3.59. The minimum Gasteiger partial charge on any atom is -0.495 e. The fourth-order valence-corrected chi connectivity index (χ4v) is 2.33. The molecule has 134 valence electrons. The van der Waals surface area contributed by atoms with Crippen molar-refractivity contribution in [1.29, 1.82) is 10.7 Å². The Balaban J connectivity index is 1.86. The number of benzene rings is 1. The number of carbonyl (C=O) groups is 1. The minimum absolute atomic E-state index is 0.0410. The number of hydrogen-bond acceptors (Lipinski definition) is 8. The Labute approximate surface area is 153 Å². The van der Waals surface area contributed by atoms with Crippen LogP contribution in [0.2, 0.25) is 0 Å². The van der Waals surface area contributed by atoms with Crippen LogP contribution in [0.1, 0.15) is 27.4 Å². The zero-order valence-electron chi connectivity index (χ0n) is 14.2. The molecule has 2 heterocycles. The quantitative estimate of drug-likeness (QED) is 0.465. The van der Waals surface area contributed by atoms with Crippen molar-refractivity contribution in [1.82, 2.24) is 9.97 Å². The predicted octanol–water partition coefficient (Wildman–Crippen LogP) is 2.20. The maximum Gasteiger partial charge on any atom is 0.274 e. The van der Waals surface area contributed by atoms with E-state index >= 15 is 0 Å². The lowest BCUT2D eigenvalue weighted by Crippen LogP contribution is -2.15. The number of aromatic nitrogens is 2. The molecule has 0 aliphatic heterocycles. The van der Waals surface area contributed by atoms with Crippen LogP contribution in [0.5, 0.6) is 5.75 Å². The van der Waals surface area contributed by atoms with E-state index in [1.54, 1.807) is 18.2 Å². The maximum atomic E-state index is 12.5. The normalized spacial score (nSPS) is 10.1. The molecule has 1 aromatic carbocycles. The molecule has 0 atom stereocenters. The number of nitrogens with two attached hydrogens (primary N) is 1. The van der Waals surface area contributed by atoms with Gasteiger partial charge in [0.25, 0.3) is 5.91 Å². The van der Waals surface area contributed by atoms with E-state index in [1.807, 2.05) is 6.07 Å². The molecule has 0 spiro atoms. The van der Waals surface area contributed by atoms with Gasteiger partial charge in [-0.05, 0) is 18.2 Å². The third-order valence-electron chi connectivity index (χ3n) is 3.70. The number of methoxy groups -OCH3 is 1. The molecule has 2 aromatic heterocycles. The fourth-order valence-electron chi connectivity index (χ4n) is 2.33. The van der Waals surface area contributed by atoms with E-state index in [0.29, 0.717) is 16.9 Å². The Morgan fingerprint density at radius 1 is 1.37 bits per heavy atom. The van der Waals surface area contributed by atoms with Crippen LogP contribution in [-0.4, -0.2) is 28.7 Å². The first-order valence-corrected chi connectivity index (χ1v) is 7.66. The van der Waals surface area contributed by atoms with Crippen molar-refractivity contribution in [2.24, 2.45) is 0 Å². The summed E-state index contributed by atoms with van der Waals surface area (Å²) in [6, 6.07) is 8.04. The zero-order valence-corrected chi connectivity index (χ0v) is 14.2. The van der Waals surface area contributed by atoms with Crippen molar-refractivity contribution in [2.45, 2.75) is 0 Å². The second-order valence-electron chi connectivity index (χ2n) is 5.38. The lowest BCUT2D eigenvalue weighted by Gasteiger charge is -2.10. The molecule has 3 rings (SSSR count). The summed E-state index contributed by atoms with van der Waals surface area (Å²) in [5.41, 5.74) is 7.43. The number of nitrogen functional groups attached to an aromatic ring is 1. The van der Waals surface area contributed by atoms with Crippen molar-refractivity contribution in [3.05, 3.63) is 65.6 Å². The number of carbonyl (C=O) groups excluding carboxylic acids is 1. The topological polar surface area (TPSA) is 151 Å². The Bertz CT molecular complexity index is 1050. The fraction of sp³-hybridized carbons (Fsp3) is 0.0556. The monoisotopic (exact) mass is 362 g/mol. The first kappa shape index (κ1) is 17.6. The molecule has 0 aliphatic carbocycles. The van der Waals surface area contributed by atoms with Crippen molar-refractivity contribution < 1.29 is 13.9 Å². The summed E-state index contributed by atoms with van der Waals surface area (Å²) in [4.78, 5) is 20.2. The van der Waals surface area contributed by atoms with Crippen LogP contribution in [0.15, 0.2) is 47.5 Å². The number of nitriles is 1. The van der Waals surface area contributed by atoms with Gasteiger partial charge in [0.2, 0.25) is 0 Å². The van der Waals surface area contributed by atoms with Gasteiger partial charge in [-0.15, -0.1) is 0 Å². The van der Waals surface area contributed by atoms with Gasteiger partial charge in [-0.1, -0.05) is 0 Å². The number of oxazole rings is 1. The molecule has 4 N–H and O–H groups in total. The van der Waals surface area contributed by atoms with E-state index in [0.717, 1.165) is 0 Å². The highest BCUT2D eigenvalue weighted by atomic mass is 16.5. The molecule has 1 amide bonds. The van der Waals surface area contributed by atoms with Crippen LogP contribution in [0.3, 0.4) is 0 Å². The molecule has 9 nitrogen and oxygen atoms in total. The van der Waals surface area contributed by atoms with Gasteiger partial charge in [0.05, 0.1) is 13.3 Å². The van der Waals surface area contributed by atoms with Gasteiger partial charge in [0.1, 0.15) is 28.8 Å². The SMILES string of the molecule is COc1cc(C(=O)Nc2ccc(N)c(C(=N)c3cnco3)c2)ncc1C#N. The van der Waals surface area contributed by atoms with E-state index in [4.69, 9.17) is 25.6 Å². The van der Waals surface area contributed by atoms with Crippen LogP contribution in [0, 0.1) is 16.7 Å². The Hall–Kier alpha value is -4.19. The number of nitrogens with zero attached hydrogens (tertiary/aromatic N) is 3. The number of ether oxygens (including phenoxy) is 1. The van der Waals surface area contributed by atoms with E-state index in [2.05, 4.69) is 15.3 Å². The molecular weight excluding hydrogens is 348 g/mol. The summed E-state index contributed by atoms with van der Waals surface area (Å²) >= 11 is 0. The van der Waals surface area contributed by atoms with Gasteiger partial charge in [-0.2, -0.15) is 5.26 Å². The average Bonchev–Trinajstić information content (AvgIpc) is 3.23. The van der Waals surface area contributed by atoms with Gasteiger partial charge < -0.3 is 20.2 Å². The number of pyridine rings is 1. The first-order valence-electron chi connectivity index (χ1n) is 7.66. The van der Waals surface area contributed by atoms with Crippen LogP contribution in [0.4, 0.5) is 11.4 Å². The molecule has 27 heavy (non-hydrogen) atoms. The van der Waals surface area contributed by atoms with Crippen molar-refractivity contribution in [3.8, 4) is 11.8 Å². The molecule has 9 heteroatoms. The van der Waals surface area contributed by atoms with E-state index in [1.165, 1.54) is 32.0 Å². The van der Waals surface area contributed by atoms with Crippen LogP contribution in [0.25, 0.3) is 0 Å². The summed E-state index contributed by atoms with van der Waals surface area (Å²) in [6.45, 7) is 0. The highest BCUT2D eigenvalue weighted by Crippen LogP contribution is 2.22. The molecule has 0 saturated carbocycles. The van der Waals surface area contributed by atoms with Crippen molar-refractivity contribution in [3.63, 3.8) is 0 Å². The van der Waals surface area contributed by atoms with Crippen molar-refractivity contribution >= 4 is 23.0 Å². The Kier molecular flexibility index (Phi) is 4.81. The summed E-state index contributed by atoms with van der Waals surface area (Å²) in [6.07, 6.45) is 3.89. The number of hydrogen-bond donors (Lipinski definition) is 3. The number of anilines is 2. The lowest BCUT2D eigenvalue weighted by atomic mass is 10.1. The molecule has 0 saturated heterocycles. The number of nitrogens with one attached hydrogen (secondary N) is 2. The smallest absolute Gasteiger partial charge is 0.274 e. The zero-order chi connectivity index (χ0) is 19.4. The summed E-state index contributed by atoms with van der Waals surface area (Å²) in [5, 5.41) is 19.8. The third-order valence-corrected chi connectivity index (χ3v) is 3.70. The van der Waals surface area contributed by atoms with Crippen LogP contribution in [-0.2, 0) is 0 Å². The molecule has 0 fully saturated rings. The van der Waals surface area contributed by atoms with Gasteiger partial charge in [0.15, 0.2) is 12.2 Å². The van der Waals surface area contributed by atoms with Crippen molar-refractivity contribution in [2.75, 3.05) is 18.2 Å². The van der Waals surface area contributed by atoms with Crippen LogP contribution < -0.4 is 15.8 Å². The second kappa shape index (κ2) is 7.37. The first-order chi connectivity index (χ1) is 13.0. The highest BCUT2D eigenvalue weighted by molar-refractivity contribution is 6.13. The van der Waals surface area contributed by atoms with E-state index in [9.17, 15) is 4.79 Å². The average molecular weight is 362 g/mol. The Morgan fingerprint density at radius 2 is 2.19 bits per heavy atom. The highest BCUT2D eigenvalue weighted by Gasteiger charge is 2.15.